The molecule has 1 fully saturated rings. The van der Waals surface area contributed by atoms with E-state index in [4.69, 9.17) is 4.74 Å². The molecule has 0 spiro atoms. The van der Waals surface area contributed by atoms with Gasteiger partial charge in [0, 0.05) is 50.5 Å². The van der Waals surface area contributed by atoms with Crippen molar-refractivity contribution < 1.29 is 4.74 Å². The Bertz CT molecular complexity index is 793. The number of hydrogen-bond acceptors (Lipinski definition) is 5. The van der Waals surface area contributed by atoms with E-state index in [2.05, 4.69) is 50.5 Å². The van der Waals surface area contributed by atoms with Gasteiger partial charge in [0.05, 0.1) is 13.2 Å². The molecule has 1 N–H and O–H groups in total. The van der Waals surface area contributed by atoms with Crippen molar-refractivity contribution in [1.82, 2.24) is 19.9 Å². The van der Waals surface area contributed by atoms with Crippen LogP contribution in [0.5, 0.6) is 0 Å². The van der Waals surface area contributed by atoms with Crippen LogP contribution in [0.3, 0.4) is 0 Å². The van der Waals surface area contributed by atoms with Gasteiger partial charge in [-0.3, -0.25) is 4.57 Å². The molecule has 134 valence electrons. The second-order valence-corrected chi connectivity index (χ2v) is 6.36. The number of anilines is 1. The molecule has 0 atom stereocenters. The maximum Gasteiger partial charge on any atom is 0.137 e. The van der Waals surface area contributed by atoms with Crippen LogP contribution in [0, 0.1) is 0 Å². The normalized spacial score (nSPS) is 14.5. The van der Waals surface area contributed by atoms with E-state index in [-0.39, 0.29) is 0 Å². The highest BCUT2D eigenvalue weighted by molar-refractivity contribution is 5.47. The van der Waals surface area contributed by atoms with Gasteiger partial charge in [0.25, 0.3) is 0 Å². The van der Waals surface area contributed by atoms with Crippen molar-refractivity contribution in [2.75, 3.05) is 31.2 Å². The number of imidazole rings is 1. The third-order valence-corrected chi connectivity index (χ3v) is 4.55. The topological polar surface area (TPSA) is 55.2 Å². The molecule has 3 aromatic rings. The van der Waals surface area contributed by atoms with Crippen LogP contribution in [0.1, 0.15) is 11.1 Å². The van der Waals surface area contributed by atoms with Gasteiger partial charge in [-0.1, -0.05) is 18.2 Å². The molecule has 0 saturated carbocycles. The Morgan fingerprint density at radius 1 is 0.962 bits per heavy atom. The molecule has 0 bridgehead atoms. The lowest BCUT2D eigenvalue weighted by atomic mass is 10.2. The summed E-state index contributed by atoms with van der Waals surface area (Å²) in [5, 5.41) is 3.48. The zero-order valence-electron chi connectivity index (χ0n) is 14.7. The molecule has 1 aromatic carbocycles. The van der Waals surface area contributed by atoms with Crippen molar-refractivity contribution in [2.24, 2.45) is 0 Å². The quantitative estimate of drug-likeness (QED) is 0.741. The van der Waals surface area contributed by atoms with Crippen molar-refractivity contribution >= 4 is 5.69 Å². The van der Waals surface area contributed by atoms with Crippen molar-refractivity contribution in [3.8, 4) is 5.82 Å². The highest BCUT2D eigenvalue weighted by Crippen LogP contribution is 2.16. The summed E-state index contributed by atoms with van der Waals surface area (Å²) in [6, 6.07) is 12.9. The van der Waals surface area contributed by atoms with Gasteiger partial charge in [-0.25, -0.2) is 9.97 Å². The van der Waals surface area contributed by atoms with E-state index in [0.717, 1.165) is 45.2 Å². The second kappa shape index (κ2) is 8.12. The Morgan fingerprint density at radius 2 is 1.73 bits per heavy atom. The van der Waals surface area contributed by atoms with E-state index < -0.39 is 0 Å². The highest BCUT2D eigenvalue weighted by atomic mass is 16.5. The Balaban J connectivity index is 1.27. The van der Waals surface area contributed by atoms with Gasteiger partial charge in [0.15, 0.2) is 0 Å². The third kappa shape index (κ3) is 4.09. The summed E-state index contributed by atoms with van der Waals surface area (Å²) >= 11 is 0. The highest BCUT2D eigenvalue weighted by Gasteiger charge is 2.10. The standard InChI is InChI=1S/C20H23N5O/c1-4-19(24-9-11-26-12-10-24)5-2-17(1)13-22-14-18-3-6-20(23-15-18)25-8-7-21-16-25/h1-8,15-16,22H,9-14H2. The molecule has 1 saturated heterocycles. The molecule has 0 aliphatic carbocycles. The molecule has 3 heterocycles. The van der Waals surface area contributed by atoms with Crippen LogP contribution in [0.4, 0.5) is 5.69 Å². The van der Waals surface area contributed by atoms with Crippen LogP contribution in [0.25, 0.3) is 5.82 Å². The molecule has 0 amide bonds. The average Bonchev–Trinajstić information content (AvgIpc) is 3.25. The minimum atomic E-state index is 0.794. The lowest BCUT2D eigenvalue weighted by Crippen LogP contribution is -2.36. The Labute approximate surface area is 153 Å². The molecule has 0 radical (unpaired) electrons. The Morgan fingerprint density at radius 3 is 2.42 bits per heavy atom. The van der Waals surface area contributed by atoms with Crippen molar-refractivity contribution in [3.05, 3.63) is 72.4 Å². The number of rotatable bonds is 6. The molecule has 2 aromatic heterocycles. The van der Waals surface area contributed by atoms with Crippen LogP contribution in [0.2, 0.25) is 0 Å². The number of hydrogen-bond donors (Lipinski definition) is 1. The van der Waals surface area contributed by atoms with E-state index in [9.17, 15) is 0 Å². The van der Waals surface area contributed by atoms with E-state index in [1.54, 1.807) is 12.5 Å². The number of aromatic nitrogens is 3. The zero-order valence-corrected chi connectivity index (χ0v) is 14.7. The SMILES string of the molecule is c1cn(-c2ccc(CNCc3ccc(N4CCOCC4)cc3)cn2)cn1. The van der Waals surface area contributed by atoms with Crippen LogP contribution in [-0.4, -0.2) is 40.8 Å². The van der Waals surface area contributed by atoms with Crippen molar-refractivity contribution in [2.45, 2.75) is 13.1 Å². The summed E-state index contributed by atoms with van der Waals surface area (Å²) in [4.78, 5) is 10.9. The minimum Gasteiger partial charge on any atom is -0.378 e. The fourth-order valence-electron chi connectivity index (χ4n) is 3.07. The van der Waals surface area contributed by atoms with Gasteiger partial charge in [0.1, 0.15) is 12.1 Å². The molecule has 0 unspecified atom stereocenters. The van der Waals surface area contributed by atoms with Crippen molar-refractivity contribution in [3.63, 3.8) is 0 Å². The fraction of sp³-hybridized carbons (Fsp3) is 0.300. The van der Waals surface area contributed by atoms with E-state index in [1.165, 1.54) is 16.8 Å². The molecule has 1 aliphatic heterocycles. The number of nitrogens with one attached hydrogen (secondary N) is 1. The summed E-state index contributed by atoms with van der Waals surface area (Å²) in [6.45, 7) is 5.21. The number of nitrogens with zero attached hydrogens (tertiary/aromatic N) is 4. The lowest BCUT2D eigenvalue weighted by molar-refractivity contribution is 0.122. The van der Waals surface area contributed by atoms with Gasteiger partial charge in [-0.05, 0) is 29.3 Å². The zero-order chi connectivity index (χ0) is 17.6. The first-order valence-electron chi connectivity index (χ1n) is 8.94. The number of pyridine rings is 1. The first-order valence-corrected chi connectivity index (χ1v) is 8.94. The summed E-state index contributed by atoms with van der Waals surface area (Å²) in [6.07, 6.45) is 7.30. The second-order valence-electron chi connectivity index (χ2n) is 6.36. The molecule has 1 aliphatic rings. The first kappa shape index (κ1) is 16.8. The Hall–Kier alpha value is -2.70. The van der Waals surface area contributed by atoms with Gasteiger partial charge in [-0.15, -0.1) is 0 Å². The molecule has 4 rings (SSSR count). The van der Waals surface area contributed by atoms with Gasteiger partial charge < -0.3 is 15.0 Å². The van der Waals surface area contributed by atoms with E-state index in [0.29, 0.717) is 0 Å². The summed E-state index contributed by atoms with van der Waals surface area (Å²) < 4.78 is 7.30. The number of benzene rings is 1. The van der Waals surface area contributed by atoms with Gasteiger partial charge in [-0.2, -0.15) is 0 Å². The predicted octanol–water partition coefficient (Wildman–Crippen LogP) is 2.39. The molecular formula is C20H23N5O. The molecular weight excluding hydrogens is 326 g/mol. The minimum absolute atomic E-state index is 0.794. The third-order valence-electron chi connectivity index (χ3n) is 4.55. The van der Waals surface area contributed by atoms with Gasteiger partial charge in [0.2, 0.25) is 0 Å². The molecule has 6 nitrogen and oxygen atoms in total. The number of morpholine rings is 1. The largest absolute Gasteiger partial charge is 0.378 e. The predicted molar refractivity (Wildman–Crippen MR) is 101 cm³/mol. The summed E-state index contributed by atoms with van der Waals surface area (Å²) in [5.74, 6) is 0.880. The maximum atomic E-state index is 5.41. The van der Waals surface area contributed by atoms with Crippen LogP contribution in [-0.2, 0) is 17.8 Å². The Kier molecular flexibility index (Phi) is 5.23. The van der Waals surface area contributed by atoms with E-state index in [1.807, 2.05) is 23.0 Å². The van der Waals surface area contributed by atoms with Crippen molar-refractivity contribution in [1.29, 1.82) is 0 Å². The fourth-order valence-corrected chi connectivity index (χ4v) is 3.07. The average molecular weight is 349 g/mol. The maximum absolute atomic E-state index is 5.41. The van der Waals surface area contributed by atoms with Crippen LogP contribution >= 0.6 is 0 Å². The van der Waals surface area contributed by atoms with Crippen LogP contribution < -0.4 is 10.2 Å². The molecule has 6 heteroatoms. The summed E-state index contributed by atoms with van der Waals surface area (Å²) in [7, 11) is 0. The molecule has 26 heavy (non-hydrogen) atoms. The monoisotopic (exact) mass is 349 g/mol. The smallest absolute Gasteiger partial charge is 0.137 e. The first-order chi connectivity index (χ1) is 12.9. The van der Waals surface area contributed by atoms with Gasteiger partial charge >= 0.3 is 0 Å². The van der Waals surface area contributed by atoms with Crippen LogP contribution in [0.15, 0.2) is 61.3 Å². The summed E-state index contributed by atoms with van der Waals surface area (Å²) in [5.41, 5.74) is 3.72. The number of ether oxygens (including phenoxy) is 1. The van der Waals surface area contributed by atoms with E-state index >= 15 is 0 Å². The lowest BCUT2D eigenvalue weighted by Gasteiger charge is -2.28.